The van der Waals surface area contributed by atoms with E-state index in [1.807, 2.05) is 0 Å². The minimum absolute atomic E-state index is 0.0219. The molecule has 0 fully saturated rings. The Hall–Kier alpha value is -1.62. The molecule has 5 heteroatoms. The summed E-state index contributed by atoms with van der Waals surface area (Å²) in [6, 6.07) is 5.22. The number of anilines is 1. The Balaban J connectivity index is 2.96. The number of fused-ring (bicyclic) bond motifs is 1. The lowest BCUT2D eigenvalue weighted by molar-refractivity contribution is 0.0693. The van der Waals surface area contributed by atoms with E-state index in [9.17, 15) is 4.79 Å². The number of nitrogens with two attached hydrogens (primary N) is 1. The first kappa shape index (κ1) is 9.92. The fourth-order valence-corrected chi connectivity index (χ4v) is 1.88. The van der Waals surface area contributed by atoms with Crippen LogP contribution in [-0.4, -0.2) is 16.1 Å². The van der Waals surface area contributed by atoms with Gasteiger partial charge in [0.15, 0.2) is 5.69 Å². The van der Waals surface area contributed by atoms with Gasteiger partial charge in [0.25, 0.3) is 0 Å². The van der Waals surface area contributed by atoms with Crippen molar-refractivity contribution in [1.82, 2.24) is 4.98 Å². The maximum Gasteiger partial charge on any atom is 0.355 e. The van der Waals surface area contributed by atoms with Crippen LogP contribution >= 0.6 is 15.9 Å². The van der Waals surface area contributed by atoms with Crippen molar-refractivity contribution < 1.29 is 9.90 Å². The molecule has 0 unspecified atom stereocenters. The molecule has 0 amide bonds. The molecule has 0 aliphatic heterocycles. The molecule has 1 aromatic heterocycles. The van der Waals surface area contributed by atoms with Gasteiger partial charge < -0.3 is 10.8 Å². The van der Waals surface area contributed by atoms with E-state index in [4.69, 9.17) is 10.8 Å². The number of nitrogen functional groups attached to an aromatic ring is 1. The highest BCUT2D eigenvalue weighted by Gasteiger charge is 2.13. The molecule has 0 aliphatic carbocycles. The molecule has 1 aromatic carbocycles. The monoisotopic (exact) mass is 266 g/mol. The van der Waals surface area contributed by atoms with Crippen LogP contribution in [0.2, 0.25) is 0 Å². The summed E-state index contributed by atoms with van der Waals surface area (Å²) in [4.78, 5) is 14.8. The van der Waals surface area contributed by atoms with Crippen LogP contribution in [0.4, 0.5) is 5.69 Å². The Morgan fingerprint density at radius 2 is 2.20 bits per heavy atom. The van der Waals surface area contributed by atoms with Crippen molar-refractivity contribution in [2.75, 3.05) is 5.73 Å². The number of benzene rings is 1. The molecule has 0 spiro atoms. The summed E-state index contributed by atoms with van der Waals surface area (Å²) in [5, 5.41) is 10.2. The Kier molecular flexibility index (Phi) is 2.32. The normalized spacial score (nSPS) is 10.5. The Morgan fingerprint density at radius 3 is 2.87 bits per heavy atom. The quantitative estimate of drug-likeness (QED) is 0.777. The van der Waals surface area contributed by atoms with Gasteiger partial charge in [-0.25, -0.2) is 9.78 Å². The van der Waals surface area contributed by atoms with Gasteiger partial charge in [0.2, 0.25) is 0 Å². The third-order valence-electron chi connectivity index (χ3n) is 2.10. The SMILES string of the molecule is Nc1cccc2c(Br)cnc(C(=O)O)c12. The predicted molar refractivity (Wildman–Crippen MR) is 60.8 cm³/mol. The van der Waals surface area contributed by atoms with Crippen LogP contribution in [0.3, 0.4) is 0 Å². The number of carboxylic acids is 1. The van der Waals surface area contributed by atoms with Gasteiger partial charge in [-0.15, -0.1) is 0 Å². The van der Waals surface area contributed by atoms with Crippen molar-refractivity contribution >= 4 is 38.4 Å². The third kappa shape index (κ3) is 1.55. The lowest BCUT2D eigenvalue weighted by Crippen LogP contribution is -2.03. The molecule has 4 nitrogen and oxygen atoms in total. The van der Waals surface area contributed by atoms with Crippen molar-refractivity contribution in [3.63, 3.8) is 0 Å². The molecule has 0 radical (unpaired) electrons. The summed E-state index contributed by atoms with van der Waals surface area (Å²) in [6.45, 7) is 0. The van der Waals surface area contributed by atoms with Crippen LogP contribution in [0.15, 0.2) is 28.9 Å². The van der Waals surface area contributed by atoms with E-state index < -0.39 is 5.97 Å². The molecule has 15 heavy (non-hydrogen) atoms. The molecule has 0 aliphatic rings. The lowest BCUT2D eigenvalue weighted by Gasteiger charge is -2.06. The second-order valence-corrected chi connectivity index (χ2v) is 3.88. The van der Waals surface area contributed by atoms with Crippen LogP contribution in [0.5, 0.6) is 0 Å². The van der Waals surface area contributed by atoms with E-state index in [2.05, 4.69) is 20.9 Å². The van der Waals surface area contributed by atoms with Gasteiger partial charge in [-0.1, -0.05) is 12.1 Å². The van der Waals surface area contributed by atoms with Crippen LogP contribution < -0.4 is 5.73 Å². The van der Waals surface area contributed by atoms with Gasteiger partial charge in [-0.05, 0) is 22.0 Å². The van der Waals surface area contributed by atoms with Crippen LogP contribution in [-0.2, 0) is 0 Å². The predicted octanol–water partition coefficient (Wildman–Crippen LogP) is 2.28. The minimum Gasteiger partial charge on any atom is -0.476 e. The Morgan fingerprint density at radius 1 is 1.47 bits per heavy atom. The maximum absolute atomic E-state index is 10.9. The standard InChI is InChI=1S/C10H7BrN2O2/c11-6-4-13-9(10(14)15)8-5(6)2-1-3-7(8)12/h1-4H,12H2,(H,14,15). The van der Waals surface area contributed by atoms with E-state index >= 15 is 0 Å². The highest BCUT2D eigenvalue weighted by atomic mass is 79.9. The Bertz CT molecular complexity index is 554. The van der Waals surface area contributed by atoms with E-state index in [0.29, 0.717) is 11.1 Å². The number of hydrogen-bond acceptors (Lipinski definition) is 3. The summed E-state index contributed by atoms with van der Waals surface area (Å²) < 4.78 is 0.731. The molecule has 1 heterocycles. The van der Waals surface area contributed by atoms with Crippen molar-refractivity contribution in [1.29, 1.82) is 0 Å². The molecule has 2 rings (SSSR count). The number of nitrogens with zero attached hydrogens (tertiary/aromatic N) is 1. The molecule has 3 N–H and O–H groups in total. The van der Waals surface area contributed by atoms with Gasteiger partial charge in [0.05, 0.1) is 0 Å². The fourth-order valence-electron chi connectivity index (χ4n) is 1.45. The molecule has 0 saturated carbocycles. The van der Waals surface area contributed by atoms with Gasteiger partial charge in [-0.3, -0.25) is 0 Å². The second kappa shape index (κ2) is 3.51. The first-order valence-electron chi connectivity index (χ1n) is 4.17. The van der Waals surface area contributed by atoms with E-state index in [1.165, 1.54) is 6.20 Å². The van der Waals surface area contributed by atoms with Gasteiger partial charge >= 0.3 is 5.97 Å². The summed E-state index contributed by atoms with van der Waals surface area (Å²) >= 11 is 3.30. The average Bonchev–Trinajstić information content (AvgIpc) is 2.19. The smallest absolute Gasteiger partial charge is 0.355 e. The third-order valence-corrected chi connectivity index (χ3v) is 2.73. The van der Waals surface area contributed by atoms with E-state index in [-0.39, 0.29) is 5.69 Å². The molecule has 76 valence electrons. The van der Waals surface area contributed by atoms with Crippen LogP contribution in [0.1, 0.15) is 10.5 Å². The number of rotatable bonds is 1. The fraction of sp³-hybridized carbons (Fsp3) is 0. The number of hydrogen-bond donors (Lipinski definition) is 2. The van der Waals surface area contributed by atoms with Gasteiger partial charge in [-0.2, -0.15) is 0 Å². The summed E-state index contributed by atoms with van der Waals surface area (Å²) in [5.74, 6) is -1.08. The summed E-state index contributed by atoms with van der Waals surface area (Å²) in [7, 11) is 0. The van der Waals surface area contributed by atoms with E-state index in [1.54, 1.807) is 18.2 Å². The maximum atomic E-state index is 10.9. The second-order valence-electron chi connectivity index (χ2n) is 3.03. The average molecular weight is 267 g/mol. The number of pyridine rings is 1. The van der Waals surface area contributed by atoms with Crippen LogP contribution in [0, 0.1) is 0 Å². The summed E-state index contributed by atoms with van der Waals surface area (Å²) in [5.41, 5.74) is 6.13. The molecule has 0 saturated heterocycles. The molecular formula is C10H7BrN2O2. The Labute approximate surface area is 93.9 Å². The molecule has 0 bridgehead atoms. The lowest BCUT2D eigenvalue weighted by atomic mass is 10.1. The molecule has 2 aromatic rings. The first-order chi connectivity index (χ1) is 7.11. The summed E-state index contributed by atoms with van der Waals surface area (Å²) in [6.07, 6.45) is 1.46. The van der Waals surface area contributed by atoms with E-state index in [0.717, 1.165) is 9.86 Å². The van der Waals surface area contributed by atoms with Crippen molar-refractivity contribution in [3.05, 3.63) is 34.6 Å². The minimum atomic E-state index is -1.08. The number of aromatic nitrogens is 1. The highest BCUT2D eigenvalue weighted by molar-refractivity contribution is 9.10. The van der Waals surface area contributed by atoms with Crippen molar-refractivity contribution in [2.45, 2.75) is 0 Å². The zero-order valence-electron chi connectivity index (χ0n) is 7.57. The van der Waals surface area contributed by atoms with Crippen molar-refractivity contribution in [2.24, 2.45) is 0 Å². The first-order valence-corrected chi connectivity index (χ1v) is 4.96. The molecular weight excluding hydrogens is 260 g/mol. The van der Waals surface area contributed by atoms with Crippen LogP contribution in [0.25, 0.3) is 10.8 Å². The zero-order valence-corrected chi connectivity index (χ0v) is 9.15. The van der Waals surface area contributed by atoms with Crippen molar-refractivity contribution in [3.8, 4) is 0 Å². The zero-order chi connectivity index (χ0) is 11.0. The molecule has 0 atom stereocenters. The number of carboxylic acid groups (broad SMARTS) is 1. The number of halogens is 1. The topological polar surface area (TPSA) is 76.2 Å². The van der Waals surface area contributed by atoms with Gasteiger partial charge in [0, 0.05) is 27.1 Å². The highest BCUT2D eigenvalue weighted by Crippen LogP contribution is 2.29. The number of aromatic carboxylic acids is 1. The largest absolute Gasteiger partial charge is 0.476 e. The van der Waals surface area contributed by atoms with Gasteiger partial charge in [0.1, 0.15) is 0 Å². The number of carbonyl (C=O) groups is 1.